The molecule has 0 radical (unpaired) electrons. The van der Waals surface area contributed by atoms with E-state index in [1.54, 1.807) is 0 Å². The molecule has 1 fully saturated rings. The van der Waals surface area contributed by atoms with E-state index in [1.165, 1.54) is 6.42 Å². The molecule has 1 amide bonds. The van der Waals surface area contributed by atoms with E-state index in [4.69, 9.17) is 4.74 Å². The van der Waals surface area contributed by atoms with Crippen LogP contribution in [0.4, 0.5) is 0 Å². The fraction of sp³-hybridized carbons (Fsp3) is 0.588. The number of ether oxygens (including phenoxy) is 1. The van der Waals surface area contributed by atoms with Crippen molar-refractivity contribution >= 4 is 5.91 Å². The Kier molecular flexibility index (Phi) is 3.03. The van der Waals surface area contributed by atoms with E-state index < -0.39 is 5.72 Å². The number of amides is 1. The molecule has 3 heteroatoms. The summed E-state index contributed by atoms with van der Waals surface area (Å²) < 4.78 is 6.17. The van der Waals surface area contributed by atoms with Crippen molar-refractivity contribution in [1.82, 2.24) is 5.32 Å². The summed E-state index contributed by atoms with van der Waals surface area (Å²) in [4.78, 5) is 12.4. The lowest BCUT2D eigenvalue weighted by atomic mass is 9.85. The van der Waals surface area contributed by atoms with Crippen LogP contribution in [0.5, 0.6) is 5.75 Å². The van der Waals surface area contributed by atoms with Crippen molar-refractivity contribution in [3.63, 3.8) is 0 Å². The van der Waals surface area contributed by atoms with Gasteiger partial charge in [-0.25, -0.2) is 0 Å². The van der Waals surface area contributed by atoms with Gasteiger partial charge in [0.2, 0.25) is 0 Å². The molecule has 3 nitrogen and oxygen atoms in total. The monoisotopic (exact) mass is 273 g/mol. The molecule has 2 aliphatic rings. The molecule has 1 aromatic rings. The lowest BCUT2D eigenvalue weighted by molar-refractivity contribution is -0.00866. The molecule has 0 unspecified atom stereocenters. The van der Waals surface area contributed by atoms with Crippen LogP contribution in [0.2, 0.25) is 0 Å². The zero-order valence-electron chi connectivity index (χ0n) is 12.6. The minimum atomic E-state index is -0.453. The number of benzene rings is 1. The van der Waals surface area contributed by atoms with Gasteiger partial charge in [-0.1, -0.05) is 33.3 Å². The van der Waals surface area contributed by atoms with Gasteiger partial charge >= 0.3 is 0 Å². The van der Waals surface area contributed by atoms with Crippen LogP contribution in [-0.2, 0) is 5.41 Å². The van der Waals surface area contributed by atoms with E-state index in [9.17, 15) is 4.79 Å². The fourth-order valence-corrected chi connectivity index (χ4v) is 3.12. The second-order valence-corrected chi connectivity index (χ2v) is 7.07. The second-order valence-electron chi connectivity index (χ2n) is 7.07. The topological polar surface area (TPSA) is 38.3 Å². The van der Waals surface area contributed by atoms with E-state index in [-0.39, 0.29) is 11.3 Å². The fourth-order valence-electron chi connectivity index (χ4n) is 3.12. The SMILES string of the molecule is CC(C)(C)c1ccc2c(c1)C(=O)NC1(CCCCC1)O2. The van der Waals surface area contributed by atoms with E-state index in [0.29, 0.717) is 5.56 Å². The maximum Gasteiger partial charge on any atom is 0.258 e. The average Bonchev–Trinajstić information content (AvgIpc) is 2.38. The van der Waals surface area contributed by atoms with Crippen LogP contribution in [0.25, 0.3) is 0 Å². The third kappa shape index (κ3) is 2.30. The molecule has 1 saturated carbocycles. The summed E-state index contributed by atoms with van der Waals surface area (Å²) in [5, 5.41) is 3.11. The number of rotatable bonds is 0. The van der Waals surface area contributed by atoms with Crippen molar-refractivity contribution in [2.45, 2.75) is 64.0 Å². The van der Waals surface area contributed by atoms with Crippen LogP contribution in [0.15, 0.2) is 18.2 Å². The van der Waals surface area contributed by atoms with Gasteiger partial charge < -0.3 is 10.1 Å². The second kappa shape index (κ2) is 4.51. The zero-order valence-corrected chi connectivity index (χ0v) is 12.6. The van der Waals surface area contributed by atoms with Gasteiger partial charge in [-0.3, -0.25) is 4.79 Å². The molecule has 0 aromatic heterocycles. The molecule has 1 aromatic carbocycles. The van der Waals surface area contributed by atoms with Gasteiger partial charge in [0.25, 0.3) is 5.91 Å². The van der Waals surface area contributed by atoms with Crippen molar-refractivity contribution in [3.05, 3.63) is 29.3 Å². The van der Waals surface area contributed by atoms with Gasteiger partial charge in [0, 0.05) is 12.8 Å². The van der Waals surface area contributed by atoms with E-state index in [2.05, 4.69) is 32.2 Å². The Hall–Kier alpha value is -1.51. The van der Waals surface area contributed by atoms with Crippen molar-refractivity contribution in [3.8, 4) is 5.75 Å². The van der Waals surface area contributed by atoms with Gasteiger partial charge in [-0.05, 0) is 36.0 Å². The first kappa shape index (κ1) is 13.5. The van der Waals surface area contributed by atoms with Crippen molar-refractivity contribution < 1.29 is 9.53 Å². The van der Waals surface area contributed by atoms with Gasteiger partial charge in [-0.15, -0.1) is 0 Å². The van der Waals surface area contributed by atoms with Crippen LogP contribution in [0.1, 0.15) is 68.8 Å². The molecule has 1 aliphatic carbocycles. The number of carbonyl (C=O) groups is 1. The lowest BCUT2D eigenvalue weighted by Gasteiger charge is -2.41. The van der Waals surface area contributed by atoms with Gasteiger partial charge in [-0.2, -0.15) is 0 Å². The minimum Gasteiger partial charge on any atom is -0.467 e. The first-order valence-corrected chi connectivity index (χ1v) is 7.56. The molecular formula is C17H23NO2. The highest BCUT2D eigenvalue weighted by Crippen LogP contribution is 2.37. The van der Waals surface area contributed by atoms with Crippen LogP contribution < -0.4 is 10.1 Å². The Morgan fingerprint density at radius 1 is 1.15 bits per heavy atom. The molecule has 1 N–H and O–H groups in total. The van der Waals surface area contributed by atoms with E-state index in [0.717, 1.165) is 37.0 Å². The summed E-state index contributed by atoms with van der Waals surface area (Å²) in [6.07, 6.45) is 5.31. The summed E-state index contributed by atoms with van der Waals surface area (Å²) in [5.74, 6) is 0.753. The summed E-state index contributed by atoms with van der Waals surface area (Å²) in [5.41, 5.74) is 1.42. The largest absolute Gasteiger partial charge is 0.467 e. The maximum atomic E-state index is 12.4. The van der Waals surface area contributed by atoms with Crippen LogP contribution in [-0.4, -0.2) is 11.6 Å². The summed E-state index contributed by atoms with van der Waals surface area (Å²) in [6, 6.07) is 6.01. The maximum absolute atomic E-state index is 12.4. The van der Waals surface area contributed by atoms with Crippen LogP contribution >= 0.6 is 0 Å². The van der Waals surface area contributed by atoms with Gasteiger partial charge in [0.05, 0.1) is 5.56 Å². The molecule has 1 aliphatic heterocycles. The Balaban J connectivity index is 1.96. The standard InChI is InChI=1S/C17H23NO2/c1-16(2,3)12-7-8-14-13(11-12)15(19)18-17(20-14)9-5-4-6-10-17/h7-8,11H,4-6,9-10H2,1-3H3,(H,18,19). The van der Waals surface area contributed by atoms with Crippen LogP contribution in [0, 0.1) is 0 Å². The van der Waals surface area contributed by atoms with E-state index in [1.807, 2.05) is 12.1 Å². The molecule has 0 atom stereocenters. The minimum absolute atomic E-state index is 0.0132. The molecule has 0 bridgehead atoms. The summed E-state index contributed by atoms with van der Waals surface area (Å²) in [6.45, 7) is 6.46. The van der Waals surface area contributed by atoms with Gasteiger partial charge in [0.1, 0.15) is 5.75 Å². The first-order valence-electron chi connectivity index (χ1n) is 7.56. The number of hydrogen-bond acceptors (Lipinski definition) is 2. The molecule has 20 heavy (non-hydrogen) atoms. The predicted molar refractivity (Wildman–Crippen MR) is 79.1 cm³/mol. The Morgan fingerprint density at radius 2 is 1.85 bits per heavy atom. The van der Waals surface area contributed by atoms with E-state index >= 15 is 0 Å². The predicted octanol–water partition coefficient (Wildman–Crippen LogP) is 3.77. The van der Waals surface area contributed by atoms with Crippen molar-refractivity contribution in [2.75, 3.05) is 0 Å². The highest BCUT2D eigenvalue weighted by atomic mass is 16.5. The first-order chi connectivity index (χ1) is 9.40. The highest BCUT2D eigenvalue weighted by molar-refractivity contribution is 5.98. The molecule has 1 spiro atoms. The third-order valence-corrected chi connectivity index (χ3v) is 4.40. The smallest absolute Gasteiger partial charge is 0.258 e. The molecule has 0 saturated heterocycles. The third-order valence-electron chi connectivity index (χ3n) is 4.40. The number of hydrogen-bond donors (Lipinski definition) is 1. The Morgan fingerprint density at radius 3 is 2.50 bits per heavy atom. The summed E-state index contributed by atoms with van der Waals surface area (Å²) in [7, 11) is 0. The number of nitrogens with one attached hydrogen (secondary N) is 1. The Labute approximate surface area is 120 Å². The molecular weight excluding hydrogens is 250 g/mol. The molecule has 1 heterocycles. The highest BCUT2D eigenvalue weighted by Gasteiger charge is 2.40. The van der Waals surface area contributed by atoms with Crippen molar-refractivity contribution in [2.24, 2.45) is 0 Å². The quantitative estimate of drug-likeness (QED) is 0.781. The lowest BCUT2D eigenvalue weighted by Crippen LogP contribution is -2.57. The number of fused-ring (bicyclic) bond motifs is 1. The molecule has 108 valence electrons. The van der Waals surface area contributed by atoms with Gasteiger partial charge in [0.15, 0.2) is 5.72 Å². The summed E-state index contributed by atoms with van der Waals surface area (Å²) >= 11 is 0. The zero-order chi connectivity index (χ0) is 14.4. The normalized spacial score (nSPS) is 21.1. The number of carbonyl (C=O) groups excluding carboxylic acids is 1. The van der Waals surface area contributed by atoms with Crippen LogP contribution in [0.3, 0.4) is 0 Å². The Bertz CT molecular complexity index is 536. The molecule has 3 rings (SSSR count). The van der Waals surface area contributed by atoms with Crippen molar-refractivity contribution in [1.29, 1.82) is 0 Å². The average molecular weight is 273 g/mol.